The monoisotopic (exact) mass is 595 g/mol. The lowest BCUT2D eigenvalue weighted by Crippen LogP contribution is -2.22. The van der Waals surface area contributed by atoms with Crippen LogP contribution in [0.15, 0.2) is 71.1 Å². The molecule has 3 aromatic rings. The van der Waals surface area contributed by atoms with Gasteiger partial charge in [-0.3, -0.25) is 4.79 Å². The number of aryl methyl sites for hydroxylation is 1. The number of rotatable bonds is 11. The zero-order chi connectivity index (χ0) is 27.8. The molecule has 0 saturated heterocycles. The van der Waals surface area contributed by atoms with Crippen LogP contribution in [0.5, 0.6) is 5.75 Å². The van der Waals surface area contributed by atoms with Crippen molar-refractivity contribution in [3.63, 3.8) is 0 Å². The van der Waals surface area contributed by atoms with Crippen molar-refractivity contribution < 1.29 is 18.3 Å². The van der Waals surface area contributed by atoms with Gasteiger partial charge < -0.3 is 20.7 Å². The first kappa shape index (κ1) is 29.9. The van der Waals surface area contributed by atoms with Gasteiger partial charge in [-0.1, -0.05) is 65.9 Å². The van der Waals surface area contributed by atoms with E-state index in [1.165, 1.54) is 23.9 Å². The highest BCUT2D eigenvalue weighted by molar-refractivity contribution is 8.03. The van der Waals surface area contributed by atoms with Gasteiger partial charge in [-0.05, 0) is 67.6 Å². The smallest absolute Gasteiger partial charge is 0.272 e. The van der Waals surface area contributed by atoms with Gasteiger partial charge in [0.1, 0.15) is 17.3 Å². The zero-order valence-electron chi connectivity index (χ0n) is 20.5. The number of amides is 1. The highest BCUT2D eigenvalue weighted by atomic mass is 35.5. The zero-order valence-corrected chi connectivity index (χ0v) is 23.7. The summed E-state index contributed by atoms with van der Waals surface area (Å²) in [5, 5.41) is 10.2. The Morgan fingerprint density at radius 1 is 1.11 bits per heavy atom. The highest BCUT2D eigenvalue weighted by Crippen LogP contribution is 2.31. The van der Waals surface area contributed by atoms with E-state index in [-0.39, 0.29) is 10.7 Å². The van der Waals surface area contributed by atoms with E-state index in [1.54, 1.807) is 31.3 Å². The Bertz CT molecular complexity index is 1360. The van der Waals surface area contributed by atoms with Gasteiger partial charge in [-0.15, -0.1) is 0 Å². The molecule has 3 aromatic carbocycles. The van der Waals surface area contributed by atoms with Gasteiger partial charge in [0.2, 0.25) is 0 Å². The maximum atomic E-state index is 13.0. The van der Waals surface area contributed by atoms with Crippen molar-refractivity contribution in [1.29, 1.82) is 0 Å². The Morgan fingerprint density at radius 3 is 2.58 bits per heavy atom. The van der Waals surface area contributed by atoms with Gasteiger partial charge in [0.05, 0.1) is 21.2 Å². The van der Waals surface area contributed by atoms with E-state index in [9.17, 15) is 13.6 Å². The molecule has 5 nitrogen and oxygen atoms in total. The van der Waals surface area contributed by atoms with Crippen LogP contribution < -0.4 is 20.7 Å². The van der Waals surface area contributed by atoms with Crippen molar-refractivity contribution in [3.05, 3.63) is 98.5 Å². The van der Waals surface area contributed by atoms with Gasteiger partial charge >= 0.3 is 0 Å². The van der Waals surface area contributed by atoms with Crippen molar-refractivity contribution >= 4 is 63.8 Å². The third-order valence-corrected chi connectivity index (χ3v) is 7.03. The predicted octanol–water partition coefficient (Wildman–Crippen LogP) is 7.45. The molecule has 0 unspecified atom stereocenters. The molecule has 1 amide bonds. The molecule has 38 heavy (non-hydrogen) atoms. The number of benzene rings is 3. The maximum absolute atomic E-state index is 13.0. The van der Waals surface area contributed by atoms with E-state index in [1.807, 2.05) is 25.1 Å². The van der Waals surface area contributed by atoms with Crippen molar-refractivity contribution in [2.24, 2.45) is 0 Å². The summed E-state index contributed by atoms with van der Waals surface area (Å²) >= 11 is 19.2. The summed E-state index contributed by atoms with van der Waals surface area (Å²) in [6, 6.07) is 15.2. The van der Waals surface area contributed by atoms with Gasteiger partial charge in [0.15, 0.2) is 0 Å². The summed E-state index contributed by atoms with van der Waals surface area (Å²) in [4.78, 5) is 14.0. The maximum Gasteiger partial charge on any atom is 0.272 e. The lowest BCUT2D eigenvalue weighted by molar-refractivity contribution is 0.0818. The Labute approximate surface area is 239 Å². The van der Waals surface area contributed by atoms with Crippen LogP contribution in [0.25, 0.3) is 0 Å². The molecule has 0 radical (unpaired) electrons. The minimum atomic E-state index is -2.67. The number of ether oxygens (including phenoxy) is 1. The third-order valence-electron chi connectivity index (χ3n) is 5.14. The van der Waals surface area contributed by atoms with Crippen molar-refractivity contribution in [2.75, 3.05) is 19.0 Å². The number of carbonyl (C=O) groups is 1. The van der Waals surface area contributed by atoms with Crippen LogP contribution >= 0.6 is 47.2 Å². The third kappa shape index (κ3) is 8.41. The Kier molecular flexibility index (Phi) is 10.9. The average molecular weight is 597 g/mol. The number of hydrogen-bond acceptors (Lipinski definition) is 5. The van der Waals surface area contributed by atoms with Crippen LogP contribution in [-0.4, -0.2) is 31.0 Å². The Morgan fingerprint density at radius 2 is 1.87 bits per heavy atom. The van der Waals surface area contributed by atoms with Crippen LogP contribution in [0.1, 0.15) is 27.0 Å². The van der Waals surface area contributed by atoms with Crippen molar-refractivity contribution in [1.82, 2.24) is 10.6 Å². The van der Waals surface area contributed by atoms with E-state index >= 15 is 0 Å². The molecule has 200 valence electrons. The molecular weight excluding hydrogens is 571 g/mol. The van der Waals surface area contributed by atoms with E-state index in [0.29, 0.717) is 38.4 Å². The van der Waals surface area contributed by atoms with Crippen LogP contribution in [-0.2, 0) is 6.54 Å². The largest absolute Gasteiger partial charge is 0.487 e. The Hall–Kier alpha value is -2.69. The van der Waals surface area contributed by atoms with Crippen molar-refractivity contribution in [3.8, 4) is 5.75 Å². The number of alkyl halides is 2. The molecular formula is C27H25Cl2F2N3O2S2. The first-order valence-electron chi connectivity index (χ1n) is 11.3. The van der Waals surface area contributed by atoms with Gasteiger partial charge in [-0.2, -0.15) is 0 Å². The summed E-state index contributed by atoms with van der Waals surface area (Å²) in [6.45, 7) is 5.69. The number of carbonyl (C=O) groups excluding carboxylic acids is 1. The normalized spacial score (nSPS) is 10.8. The van der Waals surface area contributed by atoms with Gasteiger partial charge in [-0.25, -0.2) is 8.78 Å². The molecule has 0 aliphatic carbocycles. The van der Waals surface area contributed by atoms with E-state index in [0.717, 1.165) is 16.0 Å². The molecule has 3 N–H and O–H groups in total. The lowest BCUT2D eigenvalue weighted by atomic mass is 10.1. The summed E-state index contributed by atoms with van der Waals surface area (Å²) in [7, 11) is 1.80. The highest BCUT2D eigenvalue weighted by Gasteiger charge is 2.17. The number of hydrogen-bond donors (Lipinski definition) is 3. The molecule has 0 bridgehead atoms. The molecule has 0 aromatic heterocycles. The fourth-order valence-corrected chi connectivity index (χ4v) is 4.98. The second-order valence-electron chi connectivity index (χ2n) is 8.10. The quantitative estimate of drug-likeness (QED) is 0.158. The topological polar surface area (TPSA) is 62.4 Å². The summed E-state index contributed by atoms with van der Waals surface area (Å²) in [5.74, 6) is -0.304. The molecule has 0 spiro atoms. The molecule has 0 aliphatic rings. The minimum absolute atomic E-state index is 0.131. The van der Waals surface area contributed by atoms with Crippen LogP contribution in [0.2, 0.25) is 10.0 Å². The molecule has 11 heteroatoms. The van der Waals surface area contributed by atoms with E-state index in [2.05, 4.69) is 22.5 Å². The first-order chi connectivity index (χ1) is 18.1. The van der Waals surface area contributed by atoms with Gasteiger partial charge in [0, 0.05) is 22.2 Å². The number of nitrogens with one attached hydrogen (secondary N) is 3. The standard InChI is InChI=1S/C27H25Cl2F2N3O2S2/c1-15-4-6-18(28)11-24(15)38-16(2)33-27(37)21-12-19(7-9-23(21)36-14-25(30)31)34-26(35)20-10-17(13-32-3)5-8-22(20)29/h4-12,25,32H,2,13-14H2,1,3H3,(H,33,37)(H,34,35). The SMILES string of the molecule is C=C(NC(=S)c1cc(NC(=O)c2cc(CNC)ccc2Cl)ccc1OCC(F)F)Sc1cc(Cl)ccc1C. The summed E-state index contributed by atoms with van der Waals surface area (Å²) < 4.78 is 31.0. The first-order valence-corrected chi connectivity index (χ1v) is 13.3. The van der Waals surface area contributed by atoms with Crippen LogP contribution in [0.4, 0.5) is 14.5 Å². The molecule has 0 fully saturated rings. The van der Waals surface area contributed by atoms with E-state index in [4.69, 9.17) is 40.2 Å². The number of anilines is 1. The van der Waals surface area contributed by atoms with E-state index < -0.39 is 18.9 Å². The molecule has 0 heterocycles. The molecule has 0 aliphatic heterocycles. The Balaban J connectivity index is 1.83. The average Bonchev–Trinajstić information content (AvgIpc) is 2.86. The number of halogens is 4. The number of thioether (sulfide) groups is 1. The summed E-state index contributed by atoms with van der Waals surface area (Å²) in [5.41, 5.74) is 2.85. The van der Waals surface area contributed by atoms with Crippen LogP contribution in [0.3, 0.4) is 0 Å². The lowest BCUT2D eigenvalue weighted by Gasteiger charge is -2.17. The molecule has 3 rings (SSSR count). The summed E-state index contributed by atoms with van der Waals surface area (Å²) in [6.07, 6.45) is -2.67. The fraction of sp³-hybridized carbons (Fsp3) is 0.185. The second-order valence-corrected chi connectivity index (χ2v) is 10.5. The molecule has 0 saturated carbocycles. The van der Waals surface area contributed by atoms with Crippen molar-refractivity contribution in [2.45, 2.75) is 24.8 Å². The second kappa shape index (κ2) is 13.9. The molecule has 0 atom stereocenters. The minimum Gasteiger partial charge on any atom is -0.487 e. The predicted molar refractivity (Wildman–Crippen MR) is 156 cm³/mol. The number of thiocarbonyl (C=S) groups is 1. The van der Waals surface area contributed by atoms with Gasteiger partial charge in [0.25, 0.3) is 12.3 Å². The fourth-order valence-electron chi connectivity index (χ4n) is 3.36. The van der Waals surface area contributed by atoms with Crippen LogP contribution in [0, 0.1) is 6.92 Å².